The van der Waals surface area contributed by atoms with Crippen LogP contribution < -0.4 is 4.41 Å². The molecular weight excluding hydrogens is 184 g/mol. The third-order valence-electron chi connectivity index (χ3n) is 1.13. The molecule has 1 aromatic heterocycles. The molecule has 1 aromatic rings. The summed E-state index contributed by atoms with van der Waals surface area (Å²) in [5, 5.41) is 8.44. The van der Waals surface area contributed by atoms with E-state index >= 15 is 0 Å². The van der Waals surface area contributed by atoms with E-state index in [-0.39, 0.29) is 4.41 Å². The predicted octanol–water partition coefficient (Wildman–Crippen LogP) is -0.370. The molecule has 0 aliphatic heterocycles. The van der Waals surface area contributed by atoms with Gasteiger partial charge in [-0.05, 0) is 12.1 Å². The van der Waals surface area contributed by atoms with Crippen molar-refractivity contribution in [3.63, 3.8) is 0 Å². The zero-order valence-electron chi connectivity index (χ0n) is 5.82. The second kappa shape index (κ2) is 3.26. The van der Waals surface area contributed by atoms with E-state index in [0.29, 0.717) is 0 Å². The van der Waals surface area contributed by atoms with Gasteiger partial charge in [0, 0.05) is 12.4 Å². The molecule has 12 heavy (non-hydrogen) atoms. The number of carbonyl (C=O) groups is 1. The van der Waals surface area contributed by atoms with Crippen molar-refractivity contribution in [2.45, 2.75) is 0 Å². The van der Waals surface area contributed by atoms with Crippen LogP contribution in [0.3, 0.4) is 0 Å². The summed E-state index contributed by atoms with van der Waals surface area (Å²) < 4.78 is 22.0. The summed E-state index contributed by atoms with van der Waals surface area (Å²) >= 11 is 0. The summed E-state index contributed by atoms with van der Waals surface area (Å²) in [7, 11) is -3.16. The average Bonchev–Trinajstić information content (AvgIpc) is 2.37. The number of aromatic nitrogens is 1. The largest absolute Gasteiger partial charge is 0.463 e. The molecule has 1 rings (SSSR count). The van der Waals surface area contributed by atoms with E-state index in [4.69, 9.17) is 5.11 Å². The molecule has 1 N–H and O–H groups in total. The third-order valence-corrected chi connectivity index (χ3v) is 1.82. The van der Waals surface area contributed by atoms with Gasteiger partial charge in [-0.2, -0.15) is 0 Å². The molecule has 6 nitrogen and oxygen atoms in total. The highest BCUT2D eigenvalue weighted by atomic mass is 32.2. The van der Waals surface area contributed by atoms with E-state index in [1.54, 1.807) is 0 Å². The van der Waals surface area contributed by atoms with Crippen LogP contribution in [0.4, 0.5) is 4.79 Å². The Morgan fingerprint density at radius 2 is 1.83 bits per heavy atom. The first-order chi connectivity index (χ1) is 5.63. The Hall–Kier alpha value is -1.50. The Kier molecular flexibility index (Phi) is 2.34. The quantitative estimate of drug-likeness (QED) is 0.623. The molecule has 1 heterocycles. The summed E-state index contributed by atoms with van der Waals surface area (Å²) in [4.78, 5) is 10.4. The van der Waals surface area contributed by atoms with Crippen LogP contribution in [0.25, 0.3) is 0 Å². The fraction of sp³-hybridized carbons (Fsp3) is 0. The fourth-order valence-electron chi connectivity index (χ4n) is 0.705. The van der Waals surface area contributed by atoms with Crippen LogP contribution in [-0.4, -0.2) is 24.3 Å². The normalized spacial score (nSPS) is 10.1. The van der Waals surface area contributed by atoms with Crippen LogP contribution in [0.15, 0.2) is 24.5 Å². The van der Waals surface area contributed by atoms with Crippen LogP contribution in [-0.2, 0) is 10.9 Å². The zero-order chi connectivity index (χ0) is 9.14. The molecule has 1 amide bonds. The van der Waals surface area contributed by atoms with E-state index < -0.39 is 17.0 Å². The van der Waals surface area contributed by atoms with Crippen LogP contribution in [0.1, 0.15) is 0 Å². The monoisotopic (exact) mass is 190 g/mol. The minimum atomic E-state index is -3.16. The molecule has 0 saturated carbocycles. The maximum atomic E-state index is 10.4. The Labute approximate surface area is 69.7 Å². The molecule has 0 unspecified atom stereocenters. The van der Waals surface area contributed by atoms with Gasteiger partial charge in [0.2, 0.25) is 10.9 Å². The van der Waals surface area contributed by atoms with Crippen molar-refractivity contribution in [1.82, 2.24) is 4.68 Å². The van der Waals surface area contributed by atoms with Crippen molar-refractivity contribution in [2.75, 3.05) is 4.41 Å². The summed E-state index contributed by atoms with van der Waals surface area (Å²) in [5.74, 6) is 0. The van der Waals surface area contributed by atoms with Gasteiger partial charge in [-0.15, -0.1) is 4.41 Å². The Bertz CT molecular complexity index is 334. The molecular formula is C5H6N2O4S. The number of nitrogens with zero attached hydrogens (tertiary/aromatic N) is 2. The molecule has 0 spiro atoms. The number of carboxylic acid groups (broad SMARTS) is 1. The van der Waals surface area contributed by atoms with E-state index in [1.165, 1.54) is 24.5 Å². The molecule has 0 aliphatic rings. The van der Waals surface area contributed by atoms with E-state index in [2.05, 4.69) is 0 Å². The lowest BCUT2D eigenvalue weighted by molar-refractivity contribution is 0.201. The molecule has 0 fully saturated rings. The zero-order valence-corrected chi connectivity index (χ0v) is 6.72. The average molecular weight is 190 g/mol. The molecule has 0 aromatic carbocycles. The van der Waals surface area contributed by atoms with Crippen LogP contribution in [0, 0.1) is 0 Å². The minimum absolute atomic E-state index is 0.204. The molecule has 0 aliphatic carbocycles. The van der Waals surface area contributed by atoms with Gasteiger partial charge in [0.05, 0.1) is 0 Å². The summed E-state index contributed by atoms with van der Waals surface area (Å²) in [6.07, 6.45) is 1.10. The highest BCUT2D eigenvalue weighted by molar-refractivity contribution is 7.74. The van der Waals surface area contributed by atoms with Gasteiger partial charge in [0.15, 0.2) is 0 Å². The van der Waals surface area contributed by atoms with Gasteiger partial charge < -0.3 is 5.11 Å². The smallest absolute Gasteiger partial charge is 0.441 e. The molecule has 0 radical (unpaired) electrons. The summed E-state index contributed by atoms with van der Waals surface area (Å²) in [6, 6.07) is 3.05. The molecule has 0 atom stereocenters. The molecule has 0 saturated heterocycles. The van der Waals surface area contributed by atoms with Crippen LogP contribution in [0.2, 0.25) is 0 Å². The Balaban J connectivity index is 3.04. The van der Waals surface area contributed by atoms with Crippen molar-refractivity contribution in [3.05, 3.63) is 24.5 Å². The topological polar surface area (TPSA) is 79.6 Å². The number of rotatable bonds is 2. The minimum Gasteiger partial charge on any atom is -0.463 e. The maximum absolute atomic E-state index is 10.4. The Morgan fingerprint density at radius 1 is 1.33 bits per heavy atom. The third kappa shape index (κ3) is 1.56. The lowest BCUT2D eigenvalue weighted by Crippen LogP contribution is -2.36. The number of hydrogen-bond donors (Lipinski definition) is 2. The lowest BCUT2D eigenvalue weighted by atomic mass is 10.7. The van der Waals surface area contributed by atoms with Gasteiger partial charge in [-0.1, -0.05) is 0 Å². The fourth-order valence-corrected chi connectivity index (χ4v) is 1.13. The lowest BCUT2D eigenvalue weighted by Gasteiger charge is -2.11. The van der Waals surface area contributed by atoms with Crippen LogP contribution in [0.5, 0.6) is 0 Å². The second-order valence-corrected chi connectivity index (χ2v) is 2.73. The van der Waals surface area contributed by atoms with E-state index in [9.17, 15) is 13.2 Å². The van der Waals surface area contributed by atoms with Crippen molar-refractivity contribution >= 4 is 17.0 Å². The van der Waals surface area contributed by atoms with Gasteiger partial charge >= 0.3 is 6.09 Å². The number of thiol groups is 1. The summed E-state index contributed by atoms with van der Waals surface area (Å²) in [6.45, 7) is 0. The first kappa shape index (κ1) is 8.60. The van der Waals surface area contributed by atoms with Crippen molar-refractivity contribution in [1.29, 1.82) is 0 Å². The molecule has 0 bridgehead atoms. The van der Waals surface area contributed by atoms with Crippen molar-refractivity contribution < 1.29 is 18.3 Å². The molecule has 66 valence electrons. The van der Waals surface area contributed by atoms with E-state index in [0.717, 1.165) is 4.68 Å². The Morgan fingerprint density at radius 3 is 2.17 bits per heavy atom. The number of amides is 1. The standard InChI is InChI=1S/C5H6N2O4S/c8-5(9)7(12(10)11)6-3-1-2-4-6/h1-4,12H,(H,8,9). The summed E-state index contributed by atoms with van der Waals surface area (Å²) in [5.41, 5.74) is 0. The van der Waals surface area contributed by atoms with Crippen molar-refractivity contribution in [2.24, 2.45) is 0 Å². The predicted molar refractivity (Wildman–Crippen MR) is 41.0 cm³/mol. The first-order valence-corrected chi connectivity index (χ1v) is 4.06. The first-order valence-electron chi connectivity index (χ1n) is 2.93. The SMILES string of the molecule is O=C(O)N(n1cccc1)[SH](=O)=O. The highest BCUT2D eigenvalue weighted by Gasteiger charge is 2.14. The van der Waals surface area contributed by atoms with Gasteiger partial charge in [-0.3, -0.25) is 0 Å². The highest BCUT2D eigenvalue weighted by Crippen LogP contribution is 1.94. The second-order valence-electron chi connectivity index (χ2n) is 1.87. The van der Waals surface area contributed by atoms with Gasteiger partial charge in [0.1, 0.15) is 0 Å². The maximum Gasteiger partial charge on any atom is 0.441 e. The van der Waals surface area contributed by atoms with Gasteiger partial charge in [-0.25, -0.2) is 17.9 Å². The number of hydrogen-bond acceptors (Lipinski definition) is 3. The molecule has 7 heteroatoms. The van der Waals surface area contributed by atoms with E-state index in [1.807, 2.05) is 0 Å². The van der Waals surface area contributed by atoms with Gasteiger partial charge in [0.25, 0.3) is 0 Å². The van der Waals surface area contributed by atoms with Crippen LogP contribution >= 0.6 is 0 Å². The van der Waals surface area contributed by atoms with Crippen molar-refractivity contribution in [3.8, 4) is 0 Å².